The number of rotatable bonds is 3. The van der Waals surface area contributed by atoms with Gasteiger partial charge in [-0.15, -0.1) is 0 Å². The van der Waals surface area contributed by atoms with E-state index in [0.29, 0.717) is 6.42 Å². The molecule has 2 atom stereocenters. The summed E-state index contributed by atoms with van der Waals surface area (Å²) in [5, 5.41) is 9.40. The van der Waals surface area contributed by atoms with E-state index < -0.39 is 32.2 Å². The molecule has 1 aliphatic rings. The Kier molecular flexibility index (Phi) is 4.09. The highest BCUT2D eigenvalue weighted by Gasteiger charge is 2.40. The Labute approximate surface area is 122 Å². The second-order valence-electron chi connectivity index (χ2n) is 5.38. The lowest BCUT2D eigenvalue weighted by atomic mass is 10.0. The number of aryl methyl sites for hydroxylation is 1. The van der Waals surface area contributed by atoms with E-state index >= 15 is 0 Å². The lowest BCUT2D eigenvalue weighted by Crippen LogP contribution is -2.45. The third kappa shape index (κ3) is 2.45. The first-order valence-electron chi connectivity index (χ1n) is 6.61. The number of hydrogen-bond acceptors (Lipinski definition) is 5. The number of hydrogen-bond donors (Lipinski definition) is 1. The Balaban J connectivity index is 2.61. The summed E-state index contributed by atoms with van der Waals surface area (Å²) < 4.78 is 28.3. The largest absolute Gasteiger partial charge is 0.395 e. The first-order valence-corrected chi connectivity index (χ1v) is 8.05. The van der Waals surface area contributed by atoms with E-state index in [2.05, 4.69) is 0 Å². The average Bonchev–Trinajstić information content (AvgIpc) is 2.82. The zero-order chi connectivity index (χ0) is 15.9. The van der Waals surface area contributed by atoms with Crippen molar-refractivity contribution in [1.29, 1.82) is 0 Å². The van der Waals surface area contributed by atoms with Gasteiger partial charge in [0.2, 0.25) is 10.0 Å². The maximum absolute atomic E-state index is 12.7. The molecule has 0 aromatic carbocycles. The molecule has 0 radical (unpaired) electrons. The molecule has 2 rings (SSSR count). The fourth-order valence-electron chi connectivity index (χ4n) is 2.62. The van der Waals surface area contributed by atoms with Crippen molar-refractivity contribution < 1.29 is 13.5 Å². The van der Waals surface area contributed by atoms with Gasteiger partial charge in [0, 0.05) is 26.8 Å². The van der Waals surface area contributed by atoms with E-state index in [0.717, 1.165) is 19.6 Å². The van der Waals surface area contributed by atoms with Crippen LogP contribution < -0.4 is 11.2 Å². The Bertz CT molecular complexity index is 764. The summed E-state index contributed by atoms with van der Waals surface area (Å²) in [5.41, 5.74) is -1.44. The van der Waals surface area contributed by atoms with E-state index in [9.17, 15) is 23.1 Å². The molecule has 1 N–H and O–H groups in total. The smallest absolute Gasteiger partial charge is 0.330 e. The van der Waals surface area contributed by atoms with Crippen LogP contribution in [0.1, 0.15) is 13.3 Å². The van der Waals surface area contributed by atoms with E-state index in [-0.39, 0.29) is 19.1 Å². The highest BCUT2D eigenvalue weighted by atomic mass is 32.2. The van der Waals surface area contributed by atoms with Gasteiger partial charge in [-0.25, -0.2) is 13.2 Å². The van der Waals surface area contributed by atoms with Crippen LogP contribution in [0.5, 0.6) is 0 Å². The molecular formula is C12H19N3O5S. The second kappa shape index (κ2) is 5.39. The molecule has 0 amide bonds. The van der Waals surface area contributed by atoms with E-state index in [4.69, 9.17) is 0 Å². The molecule has 1 fully saturated rings. The van der Waals surface area contributed by atoms with Gasteiger partial charge in [0.15, 0.2) is 4.90 Å². The number of aliphatic hydroxyl groups is 1. The maximum Gasteiger partial charge on any atom is 0.330 e. The fourth-order valence-corrected chi connectivity index (χ4v) is 4.50. The Morgan fingerprint density at radius 1 is 1.33 bits per heavy atom. The minimum absolute atomic E-state index is 0.0150. The van der Waals surface area contributed by atoms with Crippen LogP contribution in [0.2, 0.25) is 0 Å². The molecule has 21 heavy (non-hydrogen) atoms. The summed E-state index contributed by atoms with van der Waals surface area (Å²) in [6.07, 6.45) is 1.66. The van der Waals surface area contributed by atoms with Crippen LogP contribution in [0.25, 0.3) is 0 Å². The predicted octanol–water partition coefficient (Wildman–Crippen LogP) is -1.52. The molecule has 0 aliphatic carbocycles. The normalized spacial score (nSPS) is 23.6. The number of sulfonamides is 1. The van der Waals surface area contributed by atoms with Crippen LogP contribution in [0.15, 0.2) is 20.7 Å². The lowest BCUT2D eigenvalue weighted by molar-refractivity contribution is 0.191. The fraction of sp³-hybridized carbons (Fsp3) is 0.667. The van der Waals surface area contributed by atoms with Crippen molar-refractivity contribution in [3.05, 3.63) is 27.0 Å². The van der Waals surface area contributed by atoms with Gasteiger partial charge in [0.1, 0.15) is 0 Å². The summed E-state index contributed by atoms with van der Waals surface area (Å²) in [7, 11) is -1.42. The zero-order valence-electron chi connectivity index (χ0n) is 12.2. The summed E-state index contributed by atoms with van der Waals surface area (Å²) in [6.45, 7) is 1.81. The second-order valence-corrected chi connectivity index (χ2v) is 7.24. The predicted molar refractivity (Wildman–Crippen MR) is 75.5 cm³/mol. The third-order valence-electron chi connectivity index (χ3n) is 4.02. The van der Waals surface area contributed by atoms with Crippen LogP contribution in [-0.4, -0.2) is 46.2 Å². The van der Waals surface area contributed by atoms with Gasteiger partial charge in [-0.05, 0) is 12.3 Å². The van der Waals surface area contributed by atoms with Gasteiger partial charge >= 0.3 is 5.69 Å². The van der Waals surface area contributed by atoms with Crippen LogP contribution in [-0.2, 0) is 24.1 Å². The van der Waals surface area contributed by atoms with Gasteiger partial charge in [-0.2, -0.15) is 4.31 Å². The highest BCUT2D eigenvalue weighted by molar-refractivity contribution is 7.89. The Morgan fingerprint density at radius 3 is 2.52 bits per heavy atom. The molecule has 9 heteroatoms. The maximum atomic E-state index is 12.7. The van der Waals surface area contributed by atoms with Crippen molar-refractivity contribution in [1.82, 2.24) is 13.4 Å². The summed E-state index contributed by atoms with van der Waals surface area (Å²) in [5.74, 6) is 0.0150. The lowest BCUT2D eigenvalue weighted by Gasteiger charge is -2.24. The van der Waals surface area contributed by atoms with Gasteiger partial charge in [-0.3, -0.25) is 9.36 Å². The molecule has 1 aromatic heterocycles. The molecule has 1 aromatic rings. The van der Waals surface area contributed by atoms with Gasteiger partial charge in [0.05, 0.1) is 12.6 Å². The summed E-state index contributed by atoms with van der Waals surface area (Å²) >= 11 is 0. The molecule has 8 nitrogen and oxygen atoms in total. The van der Waals surface area contributed by atoms with Gasteiger partial charge < -0.3 is 9.67 Å². The number of nitrogens with zero attached hydrogens (tertiary/aromatic N) is 3. The van der Waals surface area contributed by atoms with Crippen molar-refractivity contribution in [2.24, 2.45) is 20.0 Å². The van der Waals surface area contributed by atoms with Crippen molar-refractivity contribution in [3.8, 4) is 0 Å². The average molecular weight is 317 g/mol. The van der Waals surface area contributed by atoms with Crippen LogP contribution in [0.3, 0.4) is 0 Å². The quantitative estimate of drug-likeness (QED) is 0.729. The Morgan fingerprint density at radius 2 is 1.95 bits per heavy atom. The van der Waals surface area contributed by atoms with Crippen molar-refractivity contribution in [2.75, 3.05) is 13.2 Å². The first kappa shape index (κ1) is 15.9. The summed E-state index contributed by atoms with van der Waals surface area (Å²) in [6, 6.07) is -0.544. The molecule has 0 spiro atoms. The van der Waals surface area contributed by atoms with Gasteiger partial charge in [0.25, 0.3) is 5.56 Å². The van der Waals surface area contributed by atoms with Crippen molar-refractivity contribution in [3.63, 3.8) is 0 Å². The zero-order valence-corrected chi connectivity index (χ0v) is 13.0. The number of aliphatic hydroxyl groups excluding tert-OH is 1. The van der Waals surface area contributed by atoms with Crippen LogP contribution >= 0.6 is 0 Å². The molecular weight excluding hydrogens is 298 g/mol. The molecule has 118 valence electrons. The SMILES string of the molecule is CC1CCN(S(=O)(=O)c2cn(C)c(=O)n(C)c2=O)C1CO. The molecule has 2 heterocycles. The van der Waals surface area contributed by atoms with Crippen LogP contribution in [0.4, 0.5) is 0 Å². The molecule has 0 bridgehead atoms. The standard InChI is InChI=1S/C12H19N3O5S/c1-8-4-5-15(9(8)7-16)21(19,20)10-6-13(2)12(18)14(3)11(10)17/h6,8-9,16H,4-5,7H2,1-3H3. The minimum Gasteiger partial charge on any atom is -0.395 e. The minimum atomic E-state index is -4.05. The molecule has 0 saturated carbocycles. The van der Waals surface area contributed by atoms with Crippen molar-refractivity contribution >= 4 is 10.0 Å². The topological polar surface area (TPSA) is 102 Å². The first-order chi connectivity index (χ1) is 9.71. The van der Waals surface area contributed by atoms with Crippen LogP contribution in [0, 0.1) is 5.92 Å². The highest BCUT2D eigenvalue weighted by Crippen LogP contribution is 2.28. The van der Waals surface area contributed by atoms with Gasteiger partial charge in [-0.1, -0.05) is 6.92 Å². The van der Waals surface area contributed by atoms with E-state index in [1.54, 1.807) is 0 Å². The molecule has 2 unspecified atom stereocenters. The Hall–Kier alpha value is -1.45. The molecule has 1 saturated heterocycles. The molecule has 1 aliphatic heterocycles. The van der Waals surface area contributed by atoms with Crippen molar-refractivity contribution in [2.45, 2.75) is 24.3 Å². The summed E-state index contributed by atoms with van der Waals surface area (Å²) in [4.78, 5) is 23.3. The number of aromatic nitrogens is 2. The van der Waals surface area contributed by atoms with E-state index in [1.165, 1.54) is 14.1 Å². The monoisotopic (exact) mass is 317 g/mol. The third-order valence-corrected chi connectivity index (χ3v) is 5.93. The van der Waals surface area contributed by atoms with E-state index in [1.807, 2.05) is 6.92 Å².